The monoisotopic (exact) mass is 657 g/mol. The van der Waals surface area contributed by atoms with E-state index in [9.17, 15) is 8.42 Å². The summed E-state index contributed by atoms with van der Waals surface area (Å²) < 4.78 is 34.2. The molecule has 1 aliphatic heterocycles. The normalized spacial score (nSPS) is 14.5. The van der Waals surface area contributed by atoms with Gasteiger partial charge < -0.3 is 9.64 Å². The summed E-state index contributed by atoms with van der Waals surface area (Å²) >= 11 is 0. The molecule has 8 nitrogen and oxygen atoms in total. The van der Waals surface area contributed by atoms with Gasteiger partial charge in [-0.3, -0.25) is 0 Å². The van der Waals surface area contributed by atoms with Gasteiger partial charge in [0.15, 0.2) is 0 Å². The van der Waals surface area contributed by atoms with E-state index in [1.807, 2.05) is 50.4 Å². The second-order valence-electron chi connectivity index (χ2n) is 12.5. The van der Waals surface area contributed by atoms with E-state index < -0.39 is 15.6 Å². The average Bonchev–Trinajstić information content (AvgIpc) is 3.48. The van der Waals surface area contributed by atoms with Gasteiger partial charge in [0.1, 0.15) is 22.8 Å². The van der Waals surface area contributed by atoms with Crippen molar-refractivity contribution < 1.29 is 13.2 Å². The minimum Gasteiger partial charge on any atom is -0.491 e. The molecule has 0 aliphatic carbocycles. The number of benzene rings is 4. The molecule has 1 saturated heterocycles. The minimum absolute atomic E-state index is 0.0103. The second kappa shape index (κ2) is 12.9. The summed E-state index contributed by atoms with van der Waals surface area (Å²) in [7, 11) is -3.24. The van der Waals surface area contributed by atoms with E-state index in [-0.39, 0.29) is 6.10 Å². The minimum atomic E-state index is -3.24. The van der Waals surface area contributed by atoms with Crippen LogP contribution in [0.3, 0.4) is 0 Å². The summed E-state index contributed by atoms with van der Waals surface area (Å²) in [6, 6.07) is 41.9. The van der Waals surface area contributed by atoms with Crippen LogP contribution in [0.15, 0.2) is 128 Å². The van der Waals surface area contributed by atoms with E-state index in [2.05, 4.69) is 101 Å². The molecule has 4 aromatic carbocycles. The first kappa shape index (κ1) is 31.6. The third-order valence-electron chi connectivity index (χ3n) is 8.97. The Morgan fingerprint density at radius 1 is 0.729 bits per heavy atom. The van der Waals surface area contributed by atoms with Crippen molar-refractivity contribution in [3.63, 3.8) is 0 Å². The molecule has 0 spiro atoms. The Morgan fingerprint density at radius 2 is 1.29 bits per heavy atom. The Hall–Kier alpha value is -4.99. The molecule has 0 saturated carbocycles. The highest BCUT2D eigenvalue weighted by molar-refractivity contribution is 7.88. The van der Waals surface area contributed by atoms with Gasteiger partial charge in [0.2, 0.25) is 10.0 Å². The zero-order chi connectivity index (χ0) is 33.3. The smallest absolute Gasteiger partial charge is 0.211 e. The first-order chi connectivity index (χ1) is 23.2. The van der Waals surface area contributed by atoms with Gasteiger partial charge in [-0.25, -0.2) is 18.1 Å². The zero-order valence-electron chi connectivity index (χ0n) is 27.4. The fourth-order valence-corrected chi connectivity index (χ4v) is 7.63. The summed E-state index contributed by atoms with van der Waals surface area (Å²) in [6.45, 7) is 6.02. The number of piperazine rings is 1. The molecule has 6 aromatic rings. The van der Waals surface area contributed by atoms with E-state index in [1.165, 1.54) is 10.6 Å². The van der Waals surface area contributed by atoms with E-state index in [0.717, 1.165) is 50.4 Å². The van der Waals surface area contributed by atoms with Gasteiger partial charge in [0.25, 0.3) is 0 Å². The number of hydrogen-bond acceptors (Lipinski definition) is 6. The van der Waals surface area contributed by atoms with E-state index in [0.29, 0.717) is 26.2 Å². The fourth-order valence-electron chi connectivity index (χ4n) is 6.80. The highest BCUT2D eigenvalue weighted by Crippen LogP contribution is 2.44. The van der Waals surface area contributed by atoms with Crippen molar-refractivity contribution in [3.8, 4) is 17.0 Å². The van der Waals surface area contributed by atoms with Gasteiger partial charge in [0, 0.05) is 43.3 Å². The average molecular weight is 658 g/mol. The summed E-state index contributed by atoms with van der Waals surface area (Å²) in [5.41, 5.74) is 5.13. The largest absolute Gasteiger partial charge is 0.491 e. The number of ether oxygens (including phenoxy) is 1. The second-order valence-corrected chi connectivity index (χ2v) is 14.4. The van der Waals surface area contributed by atoms with E-state index in [4.69, 9.17) is 14.8 Å². The van der Waals surface area contributed by atoms with Crippen LogP contribution in [0.5, 0.6) is 5.75 Å². The maximum absolute atomic E-state index is 12.1. The number of nitrogens with zero attached hydrogens (tertiary/aromatic N) is 5. The first-order valence-corrected chi connectivity index (χ1v) is 18.1. The number of pyridine rings is 1. The summed E-state index contributed by atoms with van der Waals surface area (Å²) in [6.07, 6.45) is 3.09. The molecule has 1 fully saturated rings. The highest BCUT2D eigenvalue weighted by atomic mass is 32.2. The molecule has 0 N–H and O–H groups in total. The predicted octanol–water partition coefficient (Wildman–Crippen LogP) is 6.81. The topological polar surface area (TPSA) is 80.6 Å². The lowest BCUT2D eigenvalue weighted by molar-refractivity contribution is 0.243. The molecule has 9 heteroatoms. The van der Waals surface area contributed by atoms with Crippen LogP contribution in [0.25, 0.3) is 22.2 Å². The van der Waals surface area contributed by atoms with Gasteiger partial charge in [-0.05, 0) is 60.9 Å². The van der Waals surface area contributed by atoms with Crippen LogP contribution in [0.1, 0.15) is 30.5 Å². The predicted molar refractivity (Wildman–Crippen MR) is 192 cm³/mol. The first-order valence-electron chi connectivity index (χ1n) is 16.3. The quantitative estimate of drug-likeness (QED) is 0.159. The third kappa shape index (κ3) is 5.84. The van der Waals surface area contributed by atoms with Crippen LogP contribution >= 0.6 is 0 Å². The Labute approximate surface area is 282 Å². The van der Waals surface area contributed by atoms with Crippen LogP contribution < -0.4 is 9.64 Å². The van der Waals surface area contributed by atoms with Crippen molar-refractivity contribution in [1.29, 1.82) is 0 Å². The van der Waals surface area contributed by atoms with Crippen molar-refractivity contribution in [2.24, 2.45) is 0 Å². The van der Waals surface area contributed by atoms with Gasteiger partial charge in [-0.15, -0.1) is 0 Å². The molecule has 0 bridgehead atoms. The molecule has 244 valence electrons. The zero-order valence-corrected chi connectivity index (χ0v) is 28.2. The molecule has 0 atom stereocenters. The van der Waals surface area contributed by atoms with E-state index >= 15 is 0 Å². The number of fused-ring (bicyclic) bond motifs is 1. The molecule has 0 radical (unpaired) electrons. The third-order valence-corrected chi connectivity index (χ3v) is 10.3. The lowest BCUT2D eigenvalue weighted by Crippen LogP contribution is -2.48. The highest BCUT2D eigenvalue weighted by Gasteiger charge is 2.41. The lowest BCUT2D eigenvalue weighted by atomic mass is 9.77. The lowest BCUT2D eigenvalue weighted by Gasteiger charge is -2.37. The molecule has 1 aliphatic rings. The molecule has 48 heavy (non-hydrogen) atoms. The standard InChI is InChI=1S/C39H39N5O3S/c1-29(2)47-34-19-20-36-35(28-34)38(30-21-22-40-37(27-30)42-23-25-43(26-24-42)48(3,45)46)41-44(36)39(31-13-7-4-8-14-31,32-15-9-5-10-16-32)33-17-11-6-12-18-33/h4-22,27-29H,23-26H2,1-3H3. The van der Waals surface area contributed by atoms with Crippen molar-refractivity contribution in [2.45, 2.75) is 25.5 Å². The molecule has 7 rings (SSSR count). The Kier molecular flexibility index (Phi) is 8.49. The van der Waals surface area contributed by atoms with Gasteiger partial charge in [0.05, 0.1) is 17.9 Å². The van der Waals surface area contributed by atoms with Crippen molar-refractivity contribution in [3.05, 3.63) is 144 Å². The van der Waals surface area contributed by atoms with Gasteiger partial charge in [-0.1, -0.05) is 91.0 Å². The number of hydrogen-bond donors (Lipinski definition) is 0. The molecule has 0 unspecified atom stereocenters. The molecular weight excluding hydrogens is 619 g/mol. The van der Waals surface area contributed by atoms with Crippen LogP contribution in [0.2, 0.25) is 0 Å². The molecule has 2 aromatic heterocycles. The fraction of sp³-hybridized carbons (Fsp3) is 0.231. The van der Waals surface area contributed by atoms with Crippen LogP contribution in [-0.2, 0) is 15.6 Å². The number of aromatic nitrogens is 3. The Bertz CT molecular complexity index is 2030. The van der Waals surface area contributed by atoms with Gasteiger partial charge >= 0.3 is 0 Å². The molecule has 3 heterocycles. The van der Waals surface area contributed by atoms with Crippen molar-refractivity contribution >= 4 is 26.7 Å². The van der Waals surface area contributed by atoms with Gasteiger partial charge in [-0.2, -0.15) is 9.40 Å². The van der Waals surface area contributed by atoms with Crippen LogP contribution in [-0.4, -0.2) is 66.0 Å². The Morgan fingerprint density at radius 3 is 1.81 bits per heavy atom. The summed E-state index contributed by atoms with van der Waals surface area (Å²) in [5, 5.41) is 6.50. The maximum atomic E-state index is 12.1. The number of rotatable bonds is 9. The Balaban J connectivity index is 1.47. The van der Waals surface area contributed by atoms with Crippen molar-refractivity contribution in [1.82, 2.24) is 19.1 Å². The number of sulfonamides is 1. The van der Waals surface area contributed by atoms with E-state index in [1.54, 1.807) is 0 Å². The SMILES string of the molecule is CC(C)Oc1ccc2c(c1)c(-c1ccnc(N3CCN(S(C)(=O)=O)CC3)c1)nn2C(c1ccccc1)(c1ccccc1)c1ccccc1. The summed E-state index contributed by atoms with van der Waals surface area (Å²) in [5.74, 6) is 1.56. The molecule has 0 amide bonds. The maximum Gasteiger partial charge on any atom is 0.211 e. The van der Waals surface area contributed by atoms with Crippen molar-refractivity contribution in [2.75, 3.05) is 37.3 Å². The molecular formula is C39H39N5O3S. The van der Waals surface area contributed by atoms with Crippen LogP contribution in [0.4, 0.5) is 5.82 Å². The van der Waals surface area contributed by atoms with Crippen LogP contribution in [0, 0.1) is 0 Å². The summed E-state index contributed by atoms with van der Waals surface area (Å²) in [4.78, 5) is 6.85. The number of anilines is 1.